The van der Waals surface area contributed by atoms with Crippen molar-refractivity contribution in [1.29, 1.82) is 0 Å². The Kier molecular flexibility index (Phi) is 5.01. The molecule has 1 unspecified atom stereocenters. The molecule has 0 aliphatic rings. The van der Waals surface area contributed by atoms with E-state index in [-0.39, 0.29) is 6.10 Å². The van der Waals surface area contributed by atoms with Crippen molar-refractivity contribution in [1.82, 2.24) is 0 Å². The molecule has 0 radical (unpaired) electrons. The Balaban J connectivity index is 2.60. The van der Waals surface area contributed by atoms with Crippen molar-refractivity contribution in [3.8, 4) is 0 Å². The van der Waals surface area contributed by atoms with E-state index in [2.05, 4.69) is 32.9 Å². The zero-order valence-electron chi connectivity index (χ0n) is 11.0. The molecule has 0 spiro atoms. The van der Waals surface area contributed by atoms with Gasteiger partial charge in [0.15, 0.2) is 0 Å². The minimum atomic E-state index is -0.119. The van der Waals surface area contributed by atoms with E-state index in [1.54, 1.807) is 0 Å². The maximum atomic E-state index is 9.52. The lowest BCUT2D eigenvalue weighted by atomic mass is 9.95. The Hall–Kier alpha value is -0.820. The highest BCUT2D eigenvalue weighted by molar-refractivity contribution is 5.37. The van der Waals surface area contributed by atoms with Crippen LogP contribution in [-0.4, -0.2) is 11.2 Å². The summed E-state index contributed by atoms with van der Waals surface area (Å²) in [6, 6.07) is 4.50. The molecule has 0 aliphatic carbocycles. The second-order valence-electron chi connectivity index (χ2n) is 4.83. The van der Waals surface area contributed by atoms with Crippen LogP contribution >= 0.6 is 0 Å². The number of aliphatic hydroxyl groups is 1. The molecular formula is C15H24O. The van der Waals surface area contributed by atoms with Crippen LogP contribution in [0, 0.1) is 20.8 Å². The van der Waals surface area contributed by atoms with Crippen LogP contribution in [0.2, 0.25) is 0 Å². The van der Waals surface area contributed by atoms with Gasteiger partial charge in [0.1, 0.15) is 0 Å². The molecule has 0 heterocycles. The largest absolute Gasteiger partial charge is 0.393 e. The predicted molar refractivity (Wildman–Crippen MR) is 69.9 cm³/mol. The summed E-state index contributed by atoms with van der Waals surface area (Å²) in [5, 5.41) is 9.52. The average Bonchev–Trinajstić information content (AvgIpc) is 2.21. The molecule has 1 aromatic carbocycles. The van der Waals surface area contributed by atoms with Crippen molar-refractivity contribution < 1.29 is 5.11 Å². The first-order valence-electron chi connectivity index (χ1n) is 6.29. The molecule has 1 N–H and O–H groups in total. The van der Waals surface area contributed by atoms with Gasteiger partial charge in [-0.05, 0) is 63.1 Å². The number of benzene rings is 1. The fourth-order valence-electron chi connectivity index (χ4n) is 2.32. The van der Waals surface area contributed by atoms with Crippen LogP contribution in [0.25, 0.3) is 0 Å². The van der Waals surface area contributed by atoms with Crippen LogP contribution < -0.4 is 0 Å². The highest BCUT2D eigenvalue weighted by Gasteiger charge is 2.05. The molecule has 0 amide bonds. The summed E-state index contributed by atoms with van der Waals surface area (Å²) in [6.45, 7) is 8.55. The Labute approximate surface area is 99.5 Å². The maximum absolute atomic E-state index is 9.52. The van der Waals surface area contributed by atoms with Gasteiger partial charge >= 0.3 is 0 Å². The Morgan fingerprint density at radius 3 is 2.19 bits per heavy atom. The third-order valence-electron chi connectivity index (χ3n) is 3.28. The van der Waals surface area contributed by atoms with Gasteiger partial charge in [0, 0.05) is 0 Å². The van der Waals surface area contributed by atoms with Crippen molar-refractivity contribution in [2.45, 2.75) is 59.5 Å². The topological polar surface area (TPSA) is 20.2 Å². The van der Waals surface area contributed by atoms with Gasteiger partial charge in [-0.1, -0.05) is 24.6 Å². The molecule has 16 heavy (non-hydrogen) atoms. The molecule has 1 aromatic rings. The highest BCUT2D eigenvalue weighted by Crippen LogP contribution is 2.19. The first kappa shape index (κ1) is 13.2. The van der Waals surface area contributed by atoms with Crippen molar-refractivity contribution in [2.24, 2.45) is 0 Å². The quantitative estimate of drug-likeness (QED) is 0.802. The molecule has 1 rings (SSSR count). The zero-order chi connectivity index (χ0) is 12.1. The van der Waals surface area contributed by atoms with Crippen LogP contribution in [0.5, 0.6) is 0 Å². The second-order valence-corrected chi connectivity index (χ2v) is 4.83. The maximum Gasteiger partial charge on any atom is 0.0537 e. The molecule has 0 saturated carbocycles. The third kappa shape index (κ3) is 3.64. The fraction of sp³-hybridized carbons (Fsp3) is 0.600. The molecule has 1 atom stereocenters. The standard InChI is InChI=1S/C15H24O/c1-5-14(16)7-6-8-15-12(3)9-11(2)10-13(15)4/h9-10,14,16H,5-8H2,1-4H3. The van der Waals surface area contributed by atoms with Crippen LogP contribution in [0.15, 0.2) is 12.1 Å². The van der Waals surface area contributed by atoms with E-state index < -0.39 is 0 Å². The minimum Gasteiger partial charge on any atom is -0.393 e. The van der Waals surface area contributed by atoms with Crippen molar-refractivity contribution in [3.63, 3.8) is 0 Å². The Morgan fingerprint density at radius 1 is 1.12 bits per heavy atom. The first-order chi connectivity index (χ1) is 7.54. The molecule has 1 heteroatoms. The number of hydrogen-bond acceptors (Lipinski definition) is 1. The number of aliphatic hydroxyl groups excluding tert-OH is 1. The summed E-state index contributed by atoms with van der Waals surface area (Å²) >= 11 is 0. The molecule has 1 nitrogen and oxygen atoms in total. The minimum absolute atomic E-state index is 0.119. The Morgan fingerprint density at radius 2 is 1.69 bits per heavy atom. The lowest BCUT2D eigenvalue weighted by Crippen LogP contribution is -2.05. The Bertz CT molecular complexity index is 318. The van der Waals surface area contributed by atoms with E-state index in [1.807, 2.05) is 6.92 Å². The predicted octanol–water partition coefficient (Wildman–Crippen LogP) is 3.71. The lowest BCUT2D eigenvalue weighted by molar-refractivity contribution is 0.157. The van der Waals surface area contributed by atoms with E-state index in [4.69, 9.17) is 0 Å². The molecule has 0 saturated heterocycles. The third-order valence-corrected chi connectivity index (χ3v) is 3.28. The van der Waals surface area contributed by atoms with Gasteiger partial charge in [-0.25, -0.2) is 0 Å². The monoisotopic (exact) mass is 220 g/mol. The molecule has 0 fully saturated rings. The van der Waals surface area contributed by atoms with Gasteiger partial charge < -0.3 is 5.11 Å². The number of aryl methyl sites for hydroxylation is 3. The smallest absolute Gasteiger partial charge is 0.0537 e. The highest BCUT2D eigenvalue weighted by atomic mass is 16.3. The first-order valence-corrected chi connectivity index (χ1v) is 6.29. The molecular weight excluding hydrogens is 196 g/mol. The summed E-state index contributed by atoms with van der Waals surface area (Å²) in [4.78, 5) is 0. The van der Waals surface area contributed by atoms with Gasteiger partial charge in [-0.15, -0.1) is 0 Å². The lowest BCUT2D eigenvalue weighted by Gasteiger charge is -2.12. The summed E-state index contributed by atoms with van der Waals surface area (Å²) in [7, 11) is 0. The van der Waals surface area contributed by atoms with Crippen LogP contribution in [-0.2, 0) is 6.42 Å². The van der Waals surface area contributed by atoms with Gasteiger partial charge in [-0.2, -0.15) is 0 Å². The molecule has 0 aliphatic heterocycles. The number of hydrogen-bond donors (Lipinski definition) is 1. The average molecular weight is 220 g/mol. The summed E-state index contributed by atoms with van der Waals surface area (Å²) in [6.07, 6.45) is 3.84. The van der Waals surface area contributed by atoms with Crippen LogP contribution in [0.1, 0.15) is 48.4 Å². The van der Waals surface area contributed by atoms with Gasteiger partial charge in [-0.3, -0.25) is 0 Å². The van der Waals surface area contributed by atoms with Crippen molar-refractivity contribution in [3.05, 3.63) is 34.4 Å². The fourth-order valence-corrected chi connectivity index (χ4v) is 2.32. The second kappa shape index (κ2) is 6.05. The van der Waals surface area contributed by atoms with Crippen molar-refractivity contribution in [2.75, 3.05) is 0 Å². The number of rotatable bonds is 5. The normalized spacial score (nSPS) is 12.8. The van der Waals surface area contributed by atoms with Gasteiger partial charge in [0.05, 0.1) is 6.10 Å². The summed E-state index contributed by atoms with van der Waals surface area (Å²) in [5.41, 5.74) is 5.59. The van der Waals surface area contributed by atoms with E-state index in [9.17, 15) is 5.11 Å². The van der Waals surface area contributed by atoms with Gasteiger partial charge in [0.2, 0.25) is 0 Å². The molecule has 0 bridgehead atoms. The van der Waals surface area contributed by atoms with Crippen LogP contribution in [0.3, 0.4) is 0 Å². The zero-order valence-corrected chi connectivity index (χ0v) is 11.0. The van der Waals surface area contributed by atoms with Crippen LogP contribution in [0.4, 0.5) is 0 Å². The van der Waals surface area contributed by atoms with E-state index in [0.29, 0.717) is 0 Å². The summed E-state index contributed by atoms with van der Waals surface area (Å²) in [5.74, 6) is 0. The van der Waals surface area contributed by atoms with Crippen molar-refractivity contribution >= 4 is 0 Å². The summed E-state index contributed by atoms with van der Waals surface area (Å²) < 4.78 is 0. The molecule has 90 valence electrons. The molecule has 0 aromatic heterocycles. The van der Waals surface area contributed by atoms with E-state index >= 15 is 0 Å². The van der Waals surface area contributed by atoms with Gasteiger partial charge in [0.25, 0.3) is 0 Å². The van der Waals surface area contributed by atoms with E-state index in [1.165, 1.54) is 22.3 Å². The SMILES string of the molecule is CCC(O)CCCc1c(C)cc(C)cc1C. The van der Waals surface area contributed by atoms with E-state index in [0.717, 1.165) is 25.7 Å².